The van der Waals surface area contributed by atoms with Gasteiger partial charge < -0.3 is 15.5 Å². The van der Waals surface area contributed by atoms with Crippen molar-refractivity contribution in [3.8, 4) is 0 Å². The van der Waals surface area contributed by atoms with Gasteiger partial charge >= 0.3 is 0 Å². The van der Waals surface area contributed by atoms with Gasteiger partial charge in [-0.3, -0.25) is 9.59 Å². The first-order chi connectivity index (χ1) is 14.1. The van der Waals surface area contributed by atoms with E-state index in [9.17, 15) is 19.8 Å². The van der Waals surface area contributed by atoms with Gasteiger partial charge in [0.05, 0.1) is 11.5 Å². The number of carbonyl (C=O) groups is 2. The lowest BCUT2D eigenvalue weighted by Gasteiger charge is -2.64. The van der Waals surface area contributed by atoms with Crippen LogP contribution < -0.4 is 5.32 Å². The first-order valence-electron chi connectivity index (χ1n) is 11.2. The molecule has 5 rings (SSSR count). The summed E-state index contributed by atoms with van der Waals surface area (Å²) in [7, 11) is 0. The van der Waals surface area contributed by atoms with E-state index < -0.39 is 40.5 Å². The Bertz CT molecular complexity index is 884. The molecule has 30 heavy (non-hydrogen) atoms. The van der Waals surface area contributed by atoms with E-state index in [1.54, 1.807) is 12.2 Å². The van der Waals surface area contributed by atoms with E-state index in [1.165, 1.54) is 6.08 Å². The van der Waals surface area contributed by atoms with Crippen LogP contribution in [0.2, 0.25) is 0 Å². The SMILES string of the molecule is CC1CC2C3CC4CNCC4(C(=O)CO)C3(C)CC(O)C2(F)C2(C)C=CC(=O)C=C12. The minimum atomic E-state index is -1.89. The molecule has 0 radical (unpaired) electrons. The number of alkyl halides is 1. The number of halogens is 1. The second-order valence-corrected chi connectivity index (χ2v) is 10.9. The summed E-state index contributed by atoms with van der Waals surface area (Å²) < 4.78 is 17.2. The predicted octanol–water partition coefficient (Wildman–Crippen LogP) is 1.98. The van der Waals surface area contributed by atoms with Crippen LogP contribution in [0.5, 0.6) is 0 Å². The highest BCUT2D eigenvalue weighted by Crippen LogP contribution is 2.74. The first-order valence-corrected chi connectivity index (χ1v) is 11.2. The molecular weight excluding hydrogens is 385 g/mol. The molecule has 5 nitrogen and oxygen atoms in total. The molecule has 0 aromatic heterocycles. The maximum Gasteiger partial charge on any atom is 0.178 e. The van der Waals surface area contributed by atoms with Crippen molar-refractivity contribution in [2.75, 3.05) is 19.7 Å². The highest BCUT2D eigenvalue weighted by molar-refractivity contribution is 6.01. The van der Waals surface area contributed by atoms with Crippen molar-refractivity contribution >= 4 is 11.6 Å². The van der Waals surface area contributed by atoms with Gasteiger partial charge in [0.1, 0.15) is 6.61 Å². The van der Waals surface area contributed by atoms with Crippen molar-refractivity contribution in [2.45, 2.75) is 51.8 Å². The Balaban J connectivity index is 1.66. The number of aliphatic hydroxyl groups is 2. The molecule has 9 atom stereocenters. The average Bonchev–Trinajstić information content (AvgIpc) is 3.23. The van der Waals surface area contributed by atoms with Crippen LogP contribution in [0.25, 0.3) is 0 Å². The summed E-state index contributed by atoms with van der Waals surface area (Å²) in [5, 5.41) is 24.5. The Labute approximate surface area is 176 Å². The van der Waals surface area contributed by atoms with E-state index in [0.717, 1.165) is 12.0 Å². The standard InChI is InChI=1S/C24H32FNO4/c1-13-6-18-17-7-14-10-26-12-23(14,20(30)11-27)22(17,3)9-19(29)24(18,25)21(2)5-4-15(28)8-16(13)21/h4-5,8,13-14,17-19,26-27,29H,6-7,9-12H2,1-3H3. The Hall–Kier alpha value is -1.37. The number of allylic oxidation sites excluding steroid dienone is 4. The fourth-order valence-corrected chi connectivity index (χ4v) is 8.70. The van der Waals surface area contributed by atoms with Gasteiger partial charge in [-0.25, -0.2) is 4.39 Å². The summed E-state index contributed by atoms with van der Waals surface area (Å²) in [6, 6.07) is 0. The molecule has 6 heteroatoms. The minimum Gasteiger partial charge on any atom is -0.390 e. The van der Waals surface area contributed by atoms with Crippen molar-refractivity contribution in [1.82, 2.24) is 5.32 Å². The Kier molecular flexibility index (Phi) is 4.18. The van der Waals surface area contributed by atoms with Crippen LogP contribution in [0.1, 0.15) is 40.0 Å². The van der Waals surface area contributed by atoms with Gasteiger partial charge in [0.25, 0.3) is 0 Å². The second-order valence-electron chi connectivity index (χ2n) is 10.9. The van der Waals surface area contributed by atoms with Crippen LogP contribution in [0, 0.1) is 39.9 Å². The number of rotatable bonds is 2. The fourth-order valence-electron chi connectivity index (χ4n) is 8.70. The normalized spacial score (nSPS) is 54.1. The van der Waals surface area contributed by atoms with Crippen molar-refractivity contribution in [3.05, 3.63) is 23.8 Å². The molecule has 0 aromatic rings. The van der Waals surface area contributed by atoms with Crippen molar-refractivity contribution in [2.24, 2.45) is 39.9 Å². The molecule has 9 unspecified atom stereocenters. The Morgan fingerprint density at radius 2 is 2.03 bits per heavy atom. The summed E-state index contributed by atoms with van der Waals surface area (Å²) in [5.41, 5.74) is -3.48. The predicted molar refractivity (Wildman–Crippen MR) is 109 cm³/mol. The third-order valence-corrected chi connectivity index (χ3v) is 10.0. The second kappa shape index (κ2) is 6.11. The lowest BCUT2D eigenvalue weighted by Crippen LogP contribution is -2.69. The number of aliphatic hydroxyl groups excluding tert-OH is 2. The molecule has 0 aromatic carbocycles. The monoisotopic (exact) mass is 417 g/mol. The number of hydrogen-bond donors (Lipinski definition) is 3. The van der Waals surface area contributed by atoms with E-state index >= 15 is 4.39 Å². The molecule has 4 aliphatic carbocycles. The van der Waals surface area contributed by atoms with Gasteiger partial charge in [0.2, 0.25) is 0 Å². The molecule has 164 valence electrons. The molecule has 1 saturated heterocycles. The van der Waals surface area contributed by atoms with Crippen LogP contribution in [0.3, 0.4) is 0 Å². The molecule has 4 fully saturated rings. The summed E-state index contributed by atoms with van der Waals surface area (Å²) >= 11 is 0. The zero-order chi connectivity index (χ0) is 21.7. The largest absolute Gasteiger partial charge is 0.390 e. The number of hydrogen-bond acceptors (Lipinski definition) is 5. The third kappa shape index (κ3) is 2.04. The van der Waals surface area contributed by atoms with Crippen LogP contribution in [-0.2, 0) is 9.59 Å². The number of ketones is 2. The Morgan fingerprint density at radius 1 is 1.30 bits per heavy atom. The van der Waals surface area contributed by atoms with Gasteiger partial charge in [-0.15, -0.1) is 0 Å². The van der Waals surface area contributed by atoms with Gasteiger partial charge in [-0.05, 0) is 68.1 Å². The van der Waals surface area contributed by atoms with Crippen molar-refractivity contribution in [3.63, 3.8) is 0 Å². The summed E-state index contributed by atoms with van der Waals surface area (Å²) in [4.78, 5) is 25.1. The molecule has 3 N–H and O–H groups in total. The molecule has 0 amide bonds. The van der Waals surface area contributed by atoms with Crippen molar-refractivity contribution in [1.29, 1.82) is 0 Å². The molecule has 0 spiro atoms. The van der Waals surface area contributed by atoms with Crippen LogP contribution in [0.15, 0.2) is 23.8 Å². The highest BCUT2D eigenvalue weighted by Gasteiger charge is 2.77. The third-order valence-electron chi connectivity index (χ3n) is 10.0. The van der Waals surface area contributed by atoms with Crippen LogP contribution >= 0.6 is 0 Å². The summed E-state index contributed by atoms with van der Waals surface area (Å²) in [6.45, 7) is 6.55. The lowest BCUT2D eigenvalue weighted by molar-refractivity contribution is -0.209. The topological polar surface area (TPSA) is 86.6 Å². The van der Waals surface area contributed by atoms with E-state index in [2.05, 4.69) is 5.32 Å². The van der Waals surface area contributed by atoms with Gasteiger partial charge in [-0.2, -0.15) is 0 Å². The molecule has 1 aliphatic heterocycles. The molecule has 5 aliphatic rings. The van der Waals surface area contributed by atoms with Gasteiger partial charge in [0.15, 0.2) is 17.2 Å². The zero-order valence-corrected chi connectivity index (χ0v) is 18.0. The molecule has 0 bridgehead atoms. The molecular formula is C24H32FNO4. The van der Waals surface area contributed by atoms with E-state index in [-0.39, 0.29) is 35.7 Å². The summed E-state index contributed by atoms with van der Waals surface area (Å²) in [5.74, 6) is -0.698. The zero-order valence-electron chi connectivity index (χ0n) is 18.0. The maximum atomic E-state index is 17.2. The van der Waals surface area contributed by atoms with Crippen LogP contribution in [-0.4, -0.2) is 53.2 Å². The minimum absolute atomic E-state index is 0.0235. The maximum absolute atomic E-state index is 17.2. The van der Waals surface area contributed by atoms with E-state index in [0.29, 0.717) is 19.5 Å². The van der Waals surface area contributed by atoms with E-state index in [1.807, 2.05) is 20.8 Å². The van der Waals surface area contributed by atoms with Gasteiger partial charge in [-0.1, -0.05) is 25.5 Å². The fraction of sp³-hybridized carbons (Fsp3) is 0.750. The van der Waals surface area contributed by atoms with E-state index in [4.69, 9.17) is 0 Å². The lowest BCUT2D eigenvalue weighted by atomic mass is 9.42. The number of Topliss-reactive ketones (excluding diaryl/α,β-unsaturated/α-hetero) is 1. The number of nitrogens with one attached hydrogen (secondary N) is 1. The quantitative estimate of drug-likeness (QED) is 0.640. The summed E-state index contributed by atoms with van der Waals surface area (Å²) in [6.07, 6.45) is 4.89. The molecule has 1 heterocycles. The molecule has 3 saturated carbocycles. The number of fused-ring (bicyclic) bond motifs is 7. The Morgan fingerprint density at radius 3 is 2.73 bits per heavy atom. The van der Waals surface area contributed by atoms with Crippen LogP contribution in [0.4, 0.5) is 4.39 Å². The first kappa shape index (κ1) is 20.5. The smallest absolute Gasteiger partial charge is 0.178 e. The van der Waals surface area contributed by atoms with Crippen molar-refractivity contribution < 1.29 is 24.2 Å². The van der Waals surface area contributed by atoms with Gasteiger partial charge in [0, 0.05) is 17.9 Å². The average molecular weight is 418 g/mol. The highest BCUT2D eigenvalue weighted by atomic mass is 19.1. The number of carbonyl (C=O) groups excluding carboxylic acids is 2.